The summed E-state index contributed by atoms with van der Waals surface area (Å²) in [6, 6.07) is 0.833. The third kappa shape index (κ3) is 2.78. The zero-order valence-corrected chi connectivity index (χ0v) is 11.1. The topological polar surface area (TPSA) is 15.3 Å². The lowest BCUT2D eigenvalue weighted by molar-refractivity contribution is 0.144. The number of likely N-dealkylation sites (tertiary alicyclic amines) is 1. The summed E-state index contributed by atoms with van der Waals surface area (Å²) in [6.45, 7) is 9.68. The third-order valence-corrected chi connectivity index (χ3v) is 4.64. The first-order chi connectivity index (χ1) is 7.76. The van der Waals surface area contributed by atoms with Crippen LogP contribution >= 0.6 is 0 Å². The lowest BCUT2D eigenvalue weighted by Crippen LogP contribution is -2.43. The maximum atomic E-state index is 3.59. The fourth-order valence-electron chi connectivity index (χ4n) is 3.56. The van der Waals surface area contributed by atoms with Crippen LogP contribution in [0.3, 0.4) is 0 Å². The Morgan fingerprint density at radius 2 is 2.00 bits per heavy atom. The fraction of sp³-hybridized carbons (Fsp3) is 1.00. The van der Waals surface area contributed by atoms with Gasteiger partial charge in [-0.15, -0.1) is 0 Å². The van der Waals surface area contributed by atoms with Crippen LogP contribution in [-0.4, -0.2) is 37.1 Å². The molecule has 2 nitrogen and oxygen atoms in total. The van der Waals surface area contributed by atoms with E-state index in [1.165, 1.54) is 58.2 Å². The van der Waals surface area contributed by atoms with Gasteiger partial charge >= 0.3 is 0 Å². The van der Waals surface area contributed by atoms with E-state index < -0.39 is 0 Å². The molecule has 0 aromatic heterocycles. The second-order valence-electron chi connectivity index (χ2n) is 5.95. The van der Waals surface area contributed by atoms with Crippen LogP contribution in [0.25, 0.3) is 0 Å². The summed E-state index contributed by atoms with van der Waals surface area (Å²) in [5.41, 5.74) is 0.606. The number of nitrogens with zero attached hydrogens (tertiary/aromatic N) is 1. The Kier molecular flexibility index (Phi) is 4.26. The summed E-state index contributed by atoms with van der Waals surface area (Å²) in [6.07, 6.45) is 8.63. The number of hydrogen-bond acceptors (Lipinski definition) is 2. The first-order valence-corrected chi connectivity index (χ1v) is 7.20. The summed E-state index contributed by atoms with van der Waals surface area (Å²) in [7, 11) is 0. The van der Waals surface area contributed by atoms with Gasteiger partial charge in [0.25, 0.3) is 0 Å². The third-order valence-electron chi connectivity index (χ3n) is 4.64. The van der Waals surface area contributed by atoms with Crippen LogP contribution in [0.15, 0.2) is 0 Å². The zero-order chi connectivity index (χ0) is 11.4. The van der Waals surface area contributed by atoms with E-state index in [1.807, 2.05) is 0 Å². The van der Waals surface area contributed by atoms with Crippen molar-refractivity contribution in [3.05, 3.63) is 0 Å². The van der Waals surface area contributed by atoms with Gasteiger partial charge in [0.05, 0.1) is 0 Å². The van der Waals surface area contributed by atoms with Crippen LogP contribution in [0.4, 0.5) is 0 Å². The van der Waals surface area contributed by atoms with Crippen LogP contribution in [0, 0.1) is 5.41 Å². The molecule has 0 bridgehead atoms. The molecular formula is C14H28N2. The minimum atomic E-state index is 0.606. The van der Waals surface area contributed by atoms with E-state index in [-0.39, 0.29) is 0 Å². The van der Waals surface area contributed by atoms with E-state index in [0.717, 1.165) is 12.6 Å². The van der Waals surface area contributed by atoms with E-state index in [0.29, 0.717) is 5.41 Å². The monoisotopic (exact) mass is 224 g/mol. The van der Waals surface area contributed by atoms with Crippen LogP contribution < -0.4 is 5.32 Å². The molecular weight excluding hydrogens is 196 g/mol. The summed E-state index contributed by atoms with van der Waals surface area (Å²) >= 11 is 0. The Bertz CT molecular complexity index is 209. The maximum absolute atomic E-state index is 3.59. The van der Waals surface area contributed by atoms with Gasteiger partial charge in [-0.2, -0.15) is 0 Å². The predicted octanol–water partition coefficient (Wildman–Crippen LogP) is 2.64. The van der Waals surface area contributed by atoms with Gasteiger partial charge in [-0.3, -0.25) is 0 Å². The van der Waals surface area contributed by atoms with Gasteiger partial charge in [-0.1, -0.05) is 19.8 Å². The molecule has 1 aliphatic carbocycles. The van der Waals surface area contributed by atoms with Crippen molar-refractivity contribution in [1.82, 2.24) is 10.2 Å². The van der Waals surface area contributed by atoms with Gasteiger partial charge in [0.2, 0.25) is 0 Å². The highest BCUT2D eigenvalue weighted by atomic mass is 15.2. The van der Waals surface area contributed by atoms with Gasteiger partial charge in [0.1, 0.15) is 0 Å². The van der Waals surface area contributed by atoms with Crippen molar-refractivity contribution in [2.24, 2.45) is 5.41 Å². The average Bonchev–Trinajstić information content (AvgIpc) is 2.88. The van der Waals surface area contributed by atoms with Crippen molar-refractivity contribution in [2.45, 2.75) is 58.4 Å². The molecule has 1 heterocycles. The maximum Gasteiger partial charge on any atom is 0.00676 e. The fourth-order valence-corrected chi connectivity index (χ4v) is 3.56. The molecule has 1 atom stereocenters. The molecule has 1 saturated heterocycles. The minimum Gasteiger partial charge on any atom is -0.316 e. The molecule has 2 rings (SSSR count). The van der Waals surface area contributed by atoms with Crippen LogP contribution in [-0.2, 0) is 0 Å². The summed E-state index contributed by atoms with van der Waals surface area (Å²) in [4.78, 5) is 2.74. The summed E-state index contributed by atoms with van der Waals surface area (Å²) in [5.74, 6) is 0. The van der Waals surface area contributed by atoms with Crippen molar-refractivity contribution in [3.63, 3.8) is 0 Å². The van der Waals surface area contributed by atoms with Crippen molar-refractivity contribution in [3.8, 4) is 0 Å². The van der Waals surface area contributed by atoms with Crippen molar-refractivity contribution in [1.29, 1.82) is 0 Å². The van der Waals surface area contributed by atoms with Gasteiger partial charge in [-0.25, -0.2) is 0 Å². The Balaban J connectivity index is 1.91. The highest BCUT2D eigenvalue weighted by Crippen LogP contribution is 2.39. The molecule has 2 aliphatic rings. The number of nitrogens with one attached hydrogen (secondary N) is 1. The van der Waals surface area contributed by atoms with Gasteiger partial charge in [0.15, 0.2) is 0 Å². The SMILES string of the molecule is CCNCC1(CN2CCCC2C)CCCC1. The zero-order valence-electron chi connectivity index (χ0n) is 11.1. The normalized spacial score (nSPS) is 30.0. The largest absolute Gasteiger partial charge is 0.316 e. The van der Waals surface area contributed by atoms with Crippen molar-refractivity contribution < 1.29 is 0 Å². The highest BCUT2D eigenvalue weighted by Gasteiger charge is 2.37. The molecule has 0 amide bonds. The standard InChI is InChI=1S/C14H28N2/c1-3-15-11-14(8-4-5-9-14)12-16-10-6-7-13(16)2/h13,15H,3-12H2,1-2H3. The molecule has 2 fully saturated rings. The highest BCUT2D eigenvalue weighted by molar-refractivity contribution is 4.91. The second-order valence-corrected chi connectivity index (χ2v) is 5.95. The lowest BCUT2D eigenvalue weighted by atomic mass is 9.85. The van der Waals surface area contributed by atoms with Crippen molar-refractivity contribution >= 4 is 0 Å². The van der Waals surface area contributed by atoms with E-state index in [1.54, 1.807) is 0 Å². The van der Waals surface area contributed by atoms with Crippen molar-refractivity contribution in [2.75, 3.05) is 26.2 Å². The second kappa shape index (κ2) is 5.50. The summed E-state index contributed by atoms with van der Waals surface area (Å²) in [5, 5.41) is 3.59. The molecule has 0 aromatic rings. The molecule has 0 aromatic carbocycles. The van der Waals surface area contributed by atoms with E-state index in [4.69, 9.17) is 0 Å². The molecule has 16 heavy (non-hydrogen) atoms. The Morgan fingerprint density at radius 3 is 2.56 bits per heavy atom. The molecule has 1 N–H and O–H groups in total. The quantitative estimate of drug-likeness (QED) is 0.772. The van der Waals surface area contributed by atoms with Crippen LogP contribution in [0.2, 0.25) is 0 Å². The molecule has 2 heteroatoms. The molecule has 0 spiro atoms. The van der Waals surface area contributed by atoms with Gasteiger partial charge in [0, 0.05) is 19.1 Å². The van der Waals surface area contributed by atoms with E-state index in [9.17, 15) is 0 Å². The lowest BCUT2D eigenvalue weighted by Gasteiger charge is -2.35. The van der Waals surface area contributed by atoms with Crippen LogP contribution in [0.1, 0.15) is 52.4 Å². The smallest absolute Gasteiger partial charge is 0.00676 e. The van der Waals surface area contributed by atoms with Gasteiger partial charge in [-0.05, 0) is 51.1 Å². The first kappa shape index (κ1) is 12.4. The Labute approximate surface area is 101 Å². The predicted molar refractivity (Wildman–Crippen MR) is 69.7 cm³/mol. The minimum absolute atomic E-state index is 0.606. The summed E-state index contributed by atoms with van der Waals surface area (Å²) < 4.78 is 0. The average molecular weight is 224 g/mol. The van der Waals surface area contributed by atoms with E-state index >= 15 is 0 Å². The Morgan fingerprint density at radius 1 is 1.25 bits per heavy atom. The van der Waals surface area contributed by atoms with Gasteiger partial charge < -0.3 is 10.2 Å². The number of rotatable bonds is 5. The molecule has 1 unspecified atom stereocenters. The number of hydrogen-bond donors (Lipinski definition) is 1. The van der Waals surface area contributed by atoms with E-state index in [2.05, 4.69) is 24.1 Å². The first-order valence-electron chi connectivity index (χ1n) is 7.20. The molecule has 1 saturated carbocycles. The molecule has 0 radical (unpaired) electrons. The Hall–Kier alpha value is -0.0800. The van der Waals surface area contributed by atoms with Crippen LogP contribution in [0.5, 0.6) is 0 Å². The molecule has 1 aliphatic heterocycles. The molecule has 94 valence electrons.